The van der Waals surface area contributed by atoms with Crippen LogP contribution in [0.15, 0.2) is 225 Å². The first kappa shape index (κ1) is 98.4. The highest BCUT2D eigenvalue weighted by molar-refractivity contribution is 8.16. The smallest absolute Gasteiger partial charge is 0.261 e. The zero-order valence-corrected chi connectivity index (χ0v) is 81.9. The van der Waals surface area contributed by atoms with Gasteiger partial charge in [-0.15, -0.1) is 11.3 Å². The summed E-state index contributed by atoms with van der Waals surface area (Å²) < 4.78 is 141. The van der Waals surface area contributed by atoms with Gasteiger partial charge < -0.3 is 26.2 Å². The first-order valence-electron chi connectivity index (χ1n) is 46.8. The van der Waals surface area contributed by atoms with Crippen molar-refractivity contribution in [2.24, 2.45) is 43.1 Å². The Hall–Kier alpha value is -11.4. The van der Waals surface area contributed by atoms with Gasteiger partial charge in [-0.05, 0) is 259 Å². The lowest BCUT2D eigenvalue weighted by atomic mass is 9.86. The van der Waals surface area contributed by atoms with E-state index >= 15 is 0 Å². The minimum atomic E-state index is -0.914. The number of nitrogens with two attached hydrogens (primary N) is 1. The summed E-state index contributed by atoms with van der Waals surface area (Å²) in [5, 5.41) is 40.1. The second kappa shape index (κ2) is 40.4. The number of nitrogens with one attached hydrogen (secondary N) is 2. The summed E-state index contributed by atoms with van der Waals surface area (Å²) in [6.45, 7) is 7.85. The number of rotatable bonds is 9. The predicted octanol–water partition coefficient (Wildman–Crippen LogP) is 20.5. The molecule has 13 aliphatic rings. The van der Waals surface area contributed by atoms with Gasteiger partial charge in [-0.25, -0.2) is 68.9 Å². The number of anilines is 2. The van der Waals surface area contributed by atoms with Gasteiger partial charge in [0.1, 0.15) is 108 Å². The second-order valence-electron chi connectivity index (χ2n) is 36.5. The number of nitrogens with zero attached hydrogens (tertiary/aromatic N) is 12. The molecule has 3 fully saturated rings. The number of carbonyl (C=O) groups is 6. The van der Waals surface area contributed by atoms with Gasteiger partial charge in [0.05, 0.1) is 17.8 Å². The van der Waals surface area contributed by atoms with Crippen molar-refractivity contribution in [1.29, 1.82) is 0 Å². The van der Waals surface area contributed by atoms with E-state index in [4.69, 9.17) is 5.73 Å². The van der Waals surface area contributed by atoms with Crippen molar-refractivity contribution < 1.29 is 72.7 Å². The molecular formula is C104H97F10N15O6S6. The first-order valence-corrected chi connectivity index (χ1v) is 51.8. The van der Waals surface area contributed by atoms with Crippen molar-refractivity contribution in [3.8, 4) is 0 Å². The molecule has 2 saturated heterocycles. The number of hydrogen-bond donors (Lipinski definition) is 3. The molecule has 10 heterocycles. The van der Waals surface area contributed by atoms with Crippen molar-refractivity contribution in [1.82, 2.24) is 35.7 Å². The molecule has 0 bridgehead atoms. The molecule has 6 amide bonds. The molecule has 1 saturated carbocycles. The number of hydrogen-bond acceptors (Lipinski definition) is 21. The largest absolute Gasteiger partial charge is 0.374 e. The lowest BCUT2D eigenvalue weighted by Crippen LogP contribution is -2.50. The molecule has 21 nitrogen and oxygen atoms in total. The van der Waals surface area contributed by atoms with Crippen LogP contribution < -0.4 is 26.2 Å². The number of benzene rings is 9. The lowest BCUT2D eigenvalue weighted by Gasteiger charge is -2.43. The van der Waals surface area contributed by atoms with E-state index in [2.05, 4.69) is 59.2 Å². The van der Waals surface area contributed by atoms with E-state index in [-0.39, 0.29) is 86.2 Å². The highest BCUT2D eigenvalue weighted by atomic mass is 32.2. The molecule has 4 N–H and O–H groups in total. The van der Waals surface area contributed by atoms with E-state index in [9.17, 15) is 72.7 Å². The van der Waals surface area contributed by atoms with Gasteiger partial charge in [-0.1, -0.05) is 144 Å². The van der Waals surface area contributed by atoms with Gasteiger partial charge in [-0.2, -0.15) is 25.5 Å². The van der Waals surface area contributed by atoms with Crippen LogP contribution in [-0.4, -0.2) is 138 Å². The van der Waals surface area contributed by atoms with Crippen molar-refractivity contribution in [2.75, 3.05) is 49.6 Å². The Morgan fingerprint density at radius 1 is 0.383 bits per heavy atom. The normalized spacial score (nSPS) is 23.6. The Morgan fingerprint density at radius 3 is 1.19 bits per heavy atom. The predicted molar refractivity (Wildman–Crippen MR) is 533 cm³/mol. The zero-order valence-electron chi connectivity index (χ0n) is 77.0. The summed E-state index contributed by atoms with van der Waals surface area (Å²) in [4.78, 5) is 78.4. The van der Waals surface area contributed by atoms with Gasteiger partial charge in [0, 0.05) is 115 Å². The third-order valence-electron chi connectivity index (χ3n) is 27.5. The molecule has 730 valence electrons. The van der Waals surface area contributed by atoms with Crippen LogP contribution in [0.3, 0.4) is 0 Å². The van der Waals surface area contributed by atoms with Crippen LogP contribution in [0.1, 0.15) is 182 Å². The standard InChI is InChI=1S/2C22H21F2N3OS.C21H21F2N3OS2.C20H17F2N3O2S.C19H17F2N3OS/c23-15-9-10-18(24)16(13-15)20-26-27(21(28)19-8-4-12-25-19)22(29-20)11-3-6-14-5-1-2-7-17(14)22;23-15-9-10-18(24)16(12-15)20-26-27(21(28)19(25)14-7-8-14)22(29-20)11-3-5-13-4-1-2-6-17(13)22;22-14-3-4-17(23)15(12-14)19-25-26(20(27)13-5-9-24-10-6-13)21(29-19)8-1-2-18-16(21)7-11-28-18;1-12(26)24-10-9-20(16-5-3-4-6-18(16)24)25(13(2)27)23-19(28-20)15-11-14(21)7-8-17(15)22;1-12(25)24-19(9-10-23(2)17-6-4-3-5-15(17)19)26-18(22-24)14-11-13(20)7-8-16(14)21/h1-2,5,7,9-10,13,19,25H,3-4,6,8,11-12H2;1-2,4,6,9-10,12,14,19H,3,5,7-8,11,25H2;3-4,7,11-13,24H,1-2,5-6,8-10H2;3-8,11H,9-10H2,1-2H3;3-8,11H,9-10H2,1-2H3/t;19-,22?;;;/m.0.../s1. The van der Waals surface area contributed by atoms with Crippen molar-refractivity contribution in [3.05, 3.63) is 329 Å². The summed E-state index contributed by atoms with van der Waals surface area (Å²) in [6.07, 6.45) is 13.9. The maximum atomic E-state index is 14.5. The topological polar surface area (TPSA) is 237 Å². The maximum absolute atomic E-state index is 14.5. The monoisotopic (exact) mass is 2030 g/mol. The highest BCUT2D eigenvalue weighted by Crippen LogP contribution is 2.61. The number of piperidine rings is 1. The molecule has 4 aliphatic carbocycles. The molecule has 37 heteroatoms. The van der Waals surface area contributed by atoms with Gasteiger partial charge >= 0.3 is 0 Å². The SMILES string of the molecule is CC(=O)N1CCC2(SC(c3cc(F)ccc3F)=NN2C(C)=O)c2ccccc21.CC(=O)N1N=C(c2cc(F)ccc2F)SC12CCN(C)c1ccccc12.N[C@H](C(=O)N1N=C(c2cc(F)ccc2F)SC12CCCc1ccccc12)C1CC1.O=C(C1CCCN1)N1N=C(c2cc(F)ccc2F)SC12CCCc1ccccc12.O=C(C1CCNCC1)N1N=C(c2cc(F)ccc2F)SC12CCCc1sccc12. The minimum absolute atomic E-state index is 0.00939. The molecule has 0 radical (unpaired) electrons. The molecule has 6 unspecified atom stereocenters. The number of amides is 6. The molecule has 5 spiro atoms. The molecule has 7 atom stereocenters. The van der Waals surface area contributed by atoms with E-state index in [1.54, 1.807) is 26.3 Å². The Labute approximate surface area is 833 Å². The van der Waals surface area contributed by atoms with E-state index in [1.165, 1.54) is 111 Å². The fraction of sp³-hybridized carbons (Fsp3) is 0.337. The van der Waals surface area contributed by atoms with E-state index in [0.717, 1.165) is 240 Å². The minimum Gasteiger partial charge on any atom is -0.374 e. The molecule has 9 aromatic carbocycles. The number of fused-ring (bicyclic) bond motifs is 10. The Balaban J connectivity index is 0.000000112. The van der Waals surface area contributed by atoms with Crippen LogP contribution >= 0.6 is 70.1 Å². The van der Waals surface area contributed by atoms with E-state index in [0.29, 0.717) is 51.7 Å². The van der Waals surface area contributed by atoms with Crippen molar-refractivity contribution >= 4 is 142 Å². The number of halogens is 10. The molecule has 23 rings (SSSR count). The number of thioether (sulfide) groups is 5. The Bertz CT molecular complexity index is 6670. The molecule has 10 aromatic rings. The molecule has 141 heavy (non-hydrogen) atoms. The first-order chi connectivity index (χ1) is 67.9. The molecule has 9 aliphatic heterocycles. The number of aryl methyl sites for hydroxylation is 3. The lowest BCUT2D eigenvalue weighted by molar-refractivity contribution is -0.140. The molecular weight excluding hydrogens is 1940 g/mol. The Kier molecular flexibility index (Phi) is 28.2. The van der Waals surface area contributed by atoms with Crippen LogP contribution in [0.2, 0.25) is 0 Å². The average molecular weight is 2040 g/mol. The Morgan fingerprint density at radius 2 is 0.759 bits per heavy atom. The fourth-order valence-electron chi connectivity index (χ4n) is 20.5. The maximum Gasteiger partial charge on any atom is 0.261 e. The summed E-state index contributed by atoms with van der Waals surface area (Å²) in [7, 11) is 2.00. The average Bonchev–Trinajstić information content (AvgIpc) is 1.60. The molecule has 1 aromatic heterocycles. The number of carbonyl (C=O) groups excluding carboxylic acids is 6. The number of para-hydroxylation sites is 2. The summed E-state index contributed by atoms with van der Waals surface area (Å²) in [6, 6.07) is 48.8. The second-order valence-corrected chi connectivity index (χ2v) is 43.8. The van der Waals surface area contributed by atoms with Gasteiger partial charge in [0.15, 0.2) is 0 Å². The summed E-state index contributed by atoms with van der Waals surface area (Å²) >= 11 is 8.31. The third-order valence-corrected chi connectivity index (χ3v) is 35.7. The van der Waals surface area contributed by atoms with Crippen LogP contribution in [0.25, 0.3) is 0 Å². The van der Waals surface area contributed by atoms with Crippen LogP contribution in [0.5, 0.6) is 0 Å². The van der Waals surface area contributed by atoms with Crippen LogP contribution in [-0.2, 0) is 72.4 Å². The van der Waals surface area contributed by atoms with Crippen LogP contribution in [0, 0.1) is 70.0 Å². The van der Waals surface area contributed by atoms with E-state index < -0.39 is 88.6 Å². The van der Waals surface area contributed by atoms with Gasteiger partial charge in [0.25, 0.3) is 11.8 Å². The summed E-state index contributed by atoms with van der Waals surface area (Å²) in [5.41, 5.74) is 15.5. The fourth-order valence-corrected chi connectivity index (χ4v) is 28.9. The van der Waals surface area contributed by atoms with Gasteiger partial charge in [0.2, 0.25) is 23.6 Å². The third kappa shape index (κ3) is 18.7. The highest BCUT2D eigenvalue weighted by Gasteiger charge is 2.59. The van der Waals surface area contributed by atoms with Crippen LogP contribution in [0.4, 0.5) is 55.3 Å². The number of hydrazone groups is 5. The number of thiophene rings is 1. The van der Waals surface area contributed by atoms with Crippen molar-refractivity contribution in [2.45, 2.75) is 166 Å². The summed E-state index contributed by atoms with van der Waals surface area (Å²) in [5.74, 6) is -6.40. The van der Waals surface area contributed by atoms with E-state index in [1.807, 2.05) is 97.4 Å². The van der Waals surface area contributed by atoms with Crippen molar-refractivity contribution in [3.63, 3.8) is 0 Å². The zero-order chi connectivity index (χ0) is 98.7. The van der Waals surface area contributed by atoms with Gasteiger partial charge in [-0.3, -0.25) is 28.8 Å². The quantitative estimate of drug-likeness (QED) is 0.114.